The summed E-state index contributed by atoms with van der Waals surface area (Å²) >= 11 is 0. The first-order valence-electron chi connectivity index (χ1n) is 5.35. The van der Waals surface area contributed by atoms with Gasteiger partial charge in [0, 0.05) is 6.07 Å². The van der Waals surface area contributed by atoms with Crippen LogP contribution in [0.1, 0.15) is 0 Å². The highest BCUT2D eigenvalue weighted by Gasteiger charge is 2.13. The molecule has 1 heterocycles. The van der Waals surface area contributed by atoms with E-state index in [-0.39, 0.29) is 11.6 Å². The number of hydrazine groups is 1. The summed E-state index contributed by atoms with van der Waals surface area (Å²) in [5, 5.41) is 7.55. The van der Waals surface area contributed by atoms with Gasteiger partial charge >= 0.3 is 0 Å². The van der Waals surface area contributed by atoms with Gasteiger partial charge in [0.1, 0.15) is 11.5 Å². The summed E-state index contributed by atoms with van der Waals surface area (Å²) in [5.74, 6) is 6.30. The molecule has 1 aromatic carbocycles. The average Bonchev–Trinajstić information content (AvgIpc) is 2.46. The zero-order chi connectivity index (χ0) is 13.8. The molecular formula is C11H13N5O3. The summed E-state index contributed by atoms with van der Waals surface area (Å²) in [7, 11) is 3.04. The van der Waals surface area contributed by atoms with Crippen LogP contribution < -0.4 is 26.3 Å². The van der Waals surface area contributed by atoms with Crippen molar-refractivity contribution in [2.24, 2.45) is 5.84 Å². The number of rotatable bonds is 4. The normalized spacial score (nSPS) is 10.1. The molecule has 1 aromatic heterocycles. The number of hydrogen-bond acceptors (Lipinski definition) is 7. The summed E-state index contributed by atoms with van der Waals surface area (Å²) in [5.41, 5.74) is 2.44. The first kappa shape index (κ1) is 12.8. The van der Waals surface area contributed by atoms with Crippen molar-refractivity contribution >= 4 is 5.95 Å². The number of nitrogen functional groups attached to an aromatic ring is 1. The first-order chi connectivity index (χ1) is 9.19. The molecule has 0 fully saturated rings. The standard InChI is InChI=1S/C11H13N5O3/c1-18-6-3-4-7(8(5-6)19-2)9-10(17)13-11(14-12)16-15-9/h3-5H,12H2,1-2H3,(H2,13,14,16,17). The monoisotopic (exact) mass is 263 g/mol. The van der Waals surface area contributed by atoms with Gasteiger partial charge in [-0.15, -0.1) is 10.2 Å². The maximum atomic E-state index is 11.9. The maximum absolute atomic E-state index is 11.9. The summed E-state index contributed by atoms with van der Waals surface area (Å²) in [6.07, 6.45) is 0. The summed E-state index contributed by atoms with van der Waals surface area (Å²) < 4.78 is 10.3. The van der Waals surface area contributed by atoms with Crippen molar-refractivity contribution in [3.05, 3.63) is 28.6 Å². The van der Waals surface area contributed by atoms with Gasteiger partial charge in [0.15, 0.2) is 5.69 Å². The number of nitrogens with two attached hydrogens (primary N) is 1. The van der Waals surface area contributed by atoms with Crippen LogP contribution in [0.5, 0.6) is 11.5 Å². The van der Waals surface area contributed by atoms with E-state index < -0.39 is 5.56 Å². The molecule has 0 radical (unpaired) electrons. The van der Waals surface area contributed by atoms with E-state index in [1.807, 2.05) is 0 Å². The van der Waals surface area contributed by atoms with Crippen molar-refractivity contribution in [2.75, 3.05) is 19.6 Å². The van der Waals surface area contributed by atoms with Gasteiger partial charge in [0.05, 0.1) is 19.8 Å². The molecule has 8 nitrogen and oxygen atoms in total. The minimum absolute atomic E-state index is 0.0845. The van der Waals surface area contributed by atoms with E-state index >= 15 is 0 Å². The summed E-state index contributed by atoms with van der Waals surface area (Å²) in [6.45, 7) is 0. The van der Waals surface area contributed by atoms with Gasteiger partial charge in [-0.25, -0.2) is 5.84 Å². The second-order valence-corrected chi connectivity index (χ2v) is 3.56. The SMILES string of the molecule is COc1ccc(-c2nnc(NN)[nH]c2=O)c(OC)c1. The van der Waals surface area contributed by atoms with Gasteiger partial charge in [-0.3, -0.25) is 15.2 Å². The molecule has 4 N–H and O–H groups in total. The molecule has 2 rings (SSSR count). The lowest BCUT2D eigenvalue weighted by Crippen LogP contribution is -2.19. The fraction of sp³-hybridized carbons (Fsp3) is 0.182. The third kappa shape index (κ3) is 2.47. The zero-order valence-corrected chi connectivity index (χ0v) is 10.4. The Morgan fingerprint density at radius 3 is 2.63 bits per heavy atom. The van der Waals surface area contributed by atoms with Crippen molar-refractivity contribution in [3.8, 4) is 22.8 Å². The molecule has 8 heteroatoms. The third-order valence-corrected chi connectivity index (χ3v) is 2.50. The summed E-state index contributed by atoms with van der Waals surface area (Å²) in [4.78, 5) is 14.3. The lowest BCUT2D eigenvalue weighted by Gasteiger charge is -2.09. The van der Waals surface area contributed by atoms with Crippen molar-refractivity contribution in [1.82, 2.24) is 15.2 Å². The molecule has 0 saturated carbocycles. The molecule has 0 amide bonds. The van der Waals surface area contributed by atoms with Crippen LogP contribution in [0.3, 0.4) is 0 Å². The van der Waals surface area contributed by atoms with Crippen LogP contribution in [-0.2, 0) is 0 Å². The maximum Gasteiger partial charge on any atom is 0.279 e. The second kappa shape index (κ2) is 5.36. The molecule has 0 aliphatic rings. The third-order valence-electron chi connectivity index (χ3n) is 2.50. The number of aromatic nitrogens is 3. The Kier molecular flexibility index (Phi) is 3.62. The fourth-order valence-electron chi connectivity index (χ4n) is 1.57. The zero-order valence-electron chi connectivity index (χ0n) is 10.4. The van der Waals surface area contributed by atoms with E-state index in [4.69, 9.17) is 15.3 Å². The molecule has 0 saturated heterocycles. The Bertz CT molecular complexity index is 640. The van der Waals surface area contributed by atoms with E-state index in [1.54, 1.807) is 25.3 Å². The van der Waals surface area contributed by atoms with Gasteiger partial charge in [-0.2, -0.15) is 0 Å². The van der Waals surface area contributed by atoms with Crippen molar-refractivity contribution in [1.29, 1.82) is 0 Å². The van der Waals surface area contributed by atoms with Gasteiger partial charge < -0.3 is 9.47 Å². The molecular weight excluding hydrogens is 250 g/mol. The van der Waals surface area contributed by atoms with E-state index in [1.165, 1.54) is 7.11 Å². The molecule has 19 heavy (non-hydrogen) atoms. The molecule has 0 atom stereocenters. The Hall–Kier alpha value is -2.61. The number of nitrogens with zero attached hydrogens (tertiary/aromatic N) is 2. The van der Waals surface area contributed by atoms with Crippen molar-refractivity contribution in [3.63, 3.8) is 0 Å². The van der Waals surface area contributed by atoms with Crippen LogP contribution in [0.25, 0.3) is 11.3 Å². The quantitative estimate of drug-likeness (QED) is 0.530. The lowest BCUT2D eigenvalue weighted by atomic mass is 10.1. The second-order valence-electron chi connectivity index (χ2n) is 3.56. The Labute approximate surface area is 108 Å². The molecule has 0 unspecified atom stereocenters. The molecule has 100 valence electrons. The molecule has 0 spiro atoms. The highest BCUT2D eigenvalue weighted by molar-refractivity contribution is 5.67. The predicted octanol–water partition coefficient (Wildman–Crippen LogP) is 0.135. The van der Waals surface area contributed by atoms with Crippen LogP contribution in [0.15, 0.2) is 23.0 Å². The number of H-pyrrole nitrogens is 1. The lowest BCUT2D eigenvalue weighted by molar-refractivity contribution is 0.395. The predicted molar refractivity (Wildman–Crippen MR) is 69.0 cm³/mol. The Balaban J connectivity index is 2.55. The van der Waals surface area contributed by atoms with Gasteiger partial charge in [0.2, 0.25) is 5.95 Å². The van der Waals surface area contributed by atoms with Gasteiger partial charge in [-0.05, 0) is 12.1 Å². The first-order valence-corrected chi connectivity index (χ1v) is 5.35. The summed E-state index contributed by atoms with van der Waals surface area (Å²) in [6, 6.07) is 5.03. The topological polar surface area (TPSA) is 115 Å². The van der Waals surface area contributed by atoms with E-state index in [9.17, 15) is 4.79 Å². The number of aromatic amines is 1. The molecule has 2 aromatic rings. The average molecular weight is 263 g/mol. The van der Waals surface area contributed by atoms with Crippen LogP contribution in [-0.4, -0.2) is 29.4 Å². The number of ether oxygens (including phenoxy) is 2. The number of hydrogen-bond donors (Lipinski definition) is 3. The smallest absolute Gasteiger partial charge is 0.279 e. The van der Waals surface area contributed by atoms with Gasteiger partial charge in [-0.1, -0.05) is 0 Å². The van der Waals surface area contributed by atoms with E-state index in [2.05, 4.69) is 20.6 Å². The number of anilines is 1. The minimum atomic E-state index is -0.425. The van der Waals surface area contributed by atoms with E-state index in [0.717, 1.165) is 0 Å². The van der Waals surface area contributed by atoms with Crippen LogP contribution in [0.2, 0.25) is 0 Å². The Morgan fingerprint density at radius 1 is 1.26 bits per heavy atom. The Morgan fingerprint density at radius 2 is 2.05 bits per heavy atom. The van der Waals surface area contributed by atoms with Gasteiger partial charge in [0.25, 0.3) is 5.56 Å². The molecule has 0 aliphatic heterocycles. The molecule has 0 bridgehead atoms. The van der Waals surface area contributed by atoms with Crippen LogP contribution >= 0.6 is 0 Å². The number of methoxy groups -OCH3 is 2. The largest absolute Gasteiger partial charge is 0.497 e. The fourth-order valence-corrected chi connectivity index (χ4v) is 1.57. The van der Waals surface area contributed by atoms with Crippen molar-refractivity contribution in [2.45, 2.75) is 0 Å². The molecule has 0 aliphatic carbocycles. The van der Waals surface area contributed by atoms with E-state index in [0.29, 0.717) is 17.1 Å². The number of benzene rings is 1. The van der Waals surface area contributed by atoms with Crippen LogP contribution in [0.4, 0.5) is 5.95 Å². The highest BCUT2D eigenvalue weighted by Crippen LogP contribution is 2.30. The highest BCUT2D eigenvalue weighted by atomic mass is 16.5. The minimum Gasteiger partial charge on any atom is -0.497 e. The van der Waals surface area contributed by atoms with Crippen molar-refractivity contribution < 1.29 is 9.47 Å². The van der Waals surface area contributed by atoms with Crippen LogP contribution in [0, 0.1) is 0 Å². The number of nitrogens with one attached hydrogen (secondary N) is 2.